The van der Waals surface area contributed by atoms with Gasteiger partial charge in [0.25, 0.3) is 0 Å². The van der Waals surface area contributed by atoms with E-state index in [9.17, 15) is 4.79 Å². The third-order valence-corrected chi connectivity index (χ3v) is 3.37. The van der Waals surface area contributed by atoms with E-state index in [1.54, 1.807) is 6.92 Å². The molecular weight excluding hydrogens is 220 g/mol. The fraction of sp³-hybridized carbons (Fsp3) is 0.727. The van der Waals surface area contributed by atoms with Crippen molar-refractivity contribution >= 4 is 5.91 Å². The van der Waals surface area contributed by atoms with Crippen molar-refractivity contribution in [3.63, 3.8) is 0 Å². The molecule has 0 radical (unpaired) electrons. The van der Waals surface area contributed by atoms with E-state index in [0.29, 0.717) is 18.3 Å². The van der Waals surface area contributed by atoms with Crippen LogP contribution in [0.1, 0.15) is 31.5 Å². The van der Waals surface area contributed by atoms with Crippen LogP contribution in [-0.4, -0.2) is 29.1 Å². The van der Waals surface area contributed by atoms with Gasteiger partial charge in [0, 0.05) is 6.54 Å². The highest BCUT2D eigenvalue weighted by Gasteiger charge is 2.39. The number of rotatable bonds is 4. The molecule has 0 aromatic carbocycles. The Morgan fingerprint density at radius 1 is 1.65 bits per heavy atom. The molecule has 2 heterocycles. The minimum absolute atomic E-state index is 0.0702. The lowest BCUT2D eigenvalue weighted by Crippen LogP contribution is -2.41. The number of amides is 1. The normalized spacial score (nSPS) is 23.9. The summed E-state index contributed by atoms with van der Waals surface area (Å²) < 4.78 is 4.95. The summed E-state index contributed by atoms with van der Waals surface area (Å²) in [6, 6.07) is 0. The van der Waals surface area contributed by atoms with Crippen molar-refractivity contribution < 1.29 is 9.32 Å². The molecule has 17 heavy (non-hydrogen) atoms. The largest absolute Gasteiger partial charge is 0.346 e. The van der Waals surface area contributed by atoms with Crippen LogP contribution in [0.3, 0.4) is 0 Å². The lowest BCUT2D eigenvalue weighted by molar-refractivity contribution is -0.130. The maximum atomic E-state index is 12.1. The molecular formula is C11H18N4O2. The van der Waals surface area contributed by atoms with Crippen LogP contribution >= 0.6 is 0 Å². The van der Waals surface area contributed by atoms with Crippen LogP contribution in [-0.2, 0) is 11.3 Å². The van der Waals surface area contributed by atoms with Gasteiger partial charge in [-0.25, -0.2) is 0 Å². The first-order valence-corrected chi connectivity index (χ1v) is 5.94. The number of aryl methyl sites for hydroxylation is 1. The van der Waals surface area contributed by atoms with Crippen molar-refractivity contribution in [2.45, 2.75) is 33.2 Å². The van der Waals surface area contributed by atoms with Gasteiger partial charge in [-0.3, -0.25) is 4.79 Å². The minimum Gasteiger partial charge on any atom is -0.346 e. The molecule has 6 nitrogen and oxygen atoms in total. The third kappa shape index (κ3) is 2.46. The van der Waals surface area contributed by atoms with Crippen molar-refractivity contribution in [3.8, 4) is 0 Å². The van der Waals surface area contributed by atoms with Gasteiger partial charge in [-0.1, -0.05) is 12.1 Å². The average molecular weight is 238 g/mol. The van der Waals surface area contributed by atoms with E-state index in [2.05, 4.69) is 20.8 Å². The Balaban J connectivity index is 1.92. The van der Waals surface area contributed by atoms with Gasteiger partial charge in [0.05, 0.1) is 12.0 Å². The van der Waals surface area contributed by atoms with E-state index in [0.717, 1.165) is 25.9 Å². The summed E-state index contributed by atoms with van der Waals surface area (Å²) in [4.78, 5) is 16.2. The summed E-state index contributed by atoms with van der Waals surface area (Å²) in [5.74, 6) is 1.11. The second-order valence-electron chi connectivity index (χ2n) is 4.48. The summed E-state index contributed by atoms with van der Waals surface area (Å²) in [5.41, 5.74) is -0.269. The van der Waals surface area contributed by atoms with Gasteiger partial charge in [-0.15, -0.1) is 0 Å². The van der Waals surface area contributed by atoms with Crippen molar-refractivity contribution in [1.82, 2.24) is 20.8 Å². The fourth-order valence-corrected chi connectivity index (χ4v) is 2.16. The molecule has 1 fully saturated rings. The molecule has 1 aromatic rings. The highest BCUT2D eigenvalue weighted by Crippen LogP contribution is 2.29. The first-order chi connectivity index (χ1) is 8.16. The Hall–Kier alpha value is -1.43. The number of hydrogen-bond donors (Lipinski definition) is 2. The molecule has 0 bridgehead atoms. The summed E-state index contributed by atoms with van der Waals surface area (Å²) in [6.45, 7) is 5.76. The highest BCUT2D eigenvalue weighted by molar-refractivity contribution is 5.83. The zero-order chi connectivity index (χ0) is 12.3. The van der Waals surface area contributed by atoms with Gasteiger partial charge in [0.2, 0.25) is 11.8 Å². The predicted octanol–water partition coefficient (Wildman–Crippen LogP) is 0.384. The lowest BCUT2D eigenvalue weighted by atomic mass is 9.83. The van der Waals surface area contributed by atoms with E-state index in [1.165, 1.54) is 0 Å². The van der Waals surface area contributed by atoms with E-state index < -0.39 is 0 Å². The Morgan fingerprint density at radius 3 is 3.00 bits per heavy atom. The van der Waals surface area contributed by atoms with E-state index >= 15 is 0 Å². The second-order valence-corrected chi connectivity index (χ2v) is 4.48. The van der Waals surface area contributed by atoms with Crippen molar-refractivity contribution in [2.24, 2.45) is 5.41 Å². The molecule has 0 spiro atoms. The van der Waals surface area contributed by atoms with Crippen LogP contribution in [0.15, 0.2) is 4.52 Å². The Labute approximate surface area is 100 Å². The van der Waals surface area contributed by atoms with Crippen LogP contribution < -0.4 is 10.6 Å². The zero-order valence-electron chi connectivity index (χ0n) is 10.2. The third-order valence-electron chi connectivity index (χ3n) is 3.37. The first kappa shape index (κ1) is 12.0. The number of nitrogens with zero attached hydrogens (tertiary/aromatic N) is 2. The number of aromatic nitrogens is 2. The molecule has 1 aliphatic heterocycles. The second kappa shape index (κ2) is 4.83. The topological polar surface area (TPSA) is 80.1 Å². The molecule has 1 atom stereocenters. The van der Waals surface area contributed by atoms with Gasteiger partial charge in [-0.2, -0.15) is 4.98 Å². The molecule has 0 saturated carbocycles. The molecule has 1 aromatic heterocycles. The summed E-state index contributed by atoms with van der Waals surface area (Å²) in [7, 11) is 0. The average Bonchev–Trinajstić information content (AvgIpc) is 2.95. The monoisotopic (exact) mass is 238 g/mol. The molecule has 0 aliphatic carbocycles. The van der Waals surface area contributed by atoms with Gasteiger partial charge in [0.1, 0.15) is 0 Å². The van der Waals surface area contributed by atoms with Crippen LogP contribution in [0.5, 0.6) is 0 Å². The van der Waals surface area contributed by atoms with Gasteiger partial charge in [0.15, 0.2) is 5.82 Å². The summed E-state index contributed by atoms with van der Waals surface area (Å²) in [6.07, 6.45) is 1.73. The summed E-state index contributed by atoms with van der Waals surface area (Å²) in [5, 5.41) is 9.79. The molecule has 1 saturated heterocycles. The van der Waals surface area contributed by atoms with Crippen LogP contribution in [0, 0.1) is 12.3 Å². The van der Waals surface area contributed by atoms with E-state index in [-0.39, 0.29) is 11.3 Å². The number of carbonyl (C=O) groups is 1. The minimum atomic E-state index is -0.269. The van der Waals surface area contributed by atoms with Crippen LogP contribution in [0.2, 0.25) is 0 Å². The first-order valence-electron chi connectivity index (χ1n) is 5.94. The number of carbonyl (C=O) groups excluding carboxylic acids is 1. The van der Waals surface area contributed by atoms with Gasteiger partial charge >= 0.3 is 0 Å². The Kier molecular flexibility index (Phi) is 3.42. The maximum absolute atomic E-state index is 12.1. The molecule has 2 rings (SSSR count). The van der Waals surface area contributed by atoms with E-state index in [4.69, 9.17) is 4.52 Å². The van der Waals surface area contributed by atoms with Crippen molar-refractivity contribution in [3.05, 3.63) is 11.7 Å². The van der Waals surface area contributed by atoms with E-state index in [1.807, 2.05) is 6.92 Å². The molecule has 2 N–H and O–H groups in total. The SMILES string of the molecule is CCC1(C(=O)NCc2nc(C)no2)CCNC1. The van der Waals surface area contributed by atoms with Gasteiger partial charge < -0.3 is 15.2 Å². The zero-order valence-corrected chi connectivity index (χ0v) is 10.2. The van der Waals surface area contributed by atoms with Crippen molar-refractivity contribution in [1.29, 1.82) is 0 Å². The molecule has 1 amide bonds. The molecule has 1 aliphatic rings. The smallest absolute Gasteiger partial charge is 0.246 e. The predicted molar refractivity (Wildman–Crippen MR) is 61.1 cm³/mol. The van der Waals surface area contributed by atoms with Gasteiger partial charge in [-0.05, 0) is 26.3 Å². The quantitative estimate of drug-likeness (QED) is 0.793. The molecule has 1 unspecified atom stereocenters. The lowest BCUT2D eigenvalue weighted by Gasteiger charge is -2.24. The van der Waals surface area contributed by atoms with Crippen molar-refractivity contribution in [2.75, 3.05) is 13.1 Å². The molecule has 94 valence electrons. The molecule has 6 heteroatoms. The number of nitrogens with one attached hydrogen (secondary N) is 2. The standard InChI is InChI=1S/C11H18N4O2/c1-3-11(4-5-12-7-11)10(16)13-6-9-14-8(2)15-17-9/h12H,3-7H2,1-2H3,(H,13,16). The van der Waals surface area contributed by atoms with Crippen LogP contribution in [0.4, 0.5) is 0 Å². The Morgan fingerprint density at radius 2 is 2.47 bits per heavy atom. The van der Waals surface area contributed by atoms with Crippen LogP contribution in [0.25, 0.3) is 0 Å². The number of hydrogen-bond acceptors (Lipinski definition) is 5. The summed E-state index contributed by atoms with van der Waals surface area (Å²) >= 11 is 0. The highest BCUT2D eigenvalue weighted by atomic mass is 16.5. The fourth-order valence-electron chi connectivity index (χ4n) is 2.16. The Bertz CT molecular complexity index is 396. The maximum Gasteiger partial charge on any atom is 0.246 e.